The summed E-state index contributed by atoms with van der Waals surface area (Å²) in [5, 5.41) is 3.86. The summed E-state index contributed by atoms with van der Waals surface area (Å²) in [4.78, 5) is 2.78. The lowest BCUT2D eigenvalue weighted by atomic mass is 9.86. The Kier molecular flexibility index (Phi) is 6.82. The van der Waals surface area contributed by atoms with E-state index in [1.54, 1.807) is 0 Å². The minimum atomic E-state index is 0.366. The van der Waals surface area contributed by atoms with Gasteiger partial charge in [0.05, 0.1) is 0 Å². The van der Waals surface area contributed by atoms with Crippen LogP contribution in [0.3, 0.4) is 0 Å². The molecule has 0 bridgehead atoms. The van der Waals surface area contributed by atoms with Crippen molar-refractivity contribution in [2.75, 3.05) is 19.6 Å². The summed E-state index contributed by atoms with van der Waals surface area (Å²) < 4.78 is 0. The molecule has 0 amide bonds. The predicted octanol–water partition coefficient (Wildman–Crippen LogP) is 3.91. The van der Waals surface area contributed by atoms with Crippen molar-refractivity contribution in [1.82, 2.24) is 10.2 Å². The summed E-state index contributed by atoms with van der Waals surface area (Å²) in [5.74, 6) is 1.61. The third-order valence-electron chi connectivity index (χ3n) is 4.83. The maximum absolute atomic E-state index is 3.86. The zero-order chi connectivity index (χ0) is 14.5. The average Bonchev–Trinajstić information content (AvgIpc) is 2.37. The average molecular weight is 268 g/mol. The Hall–Kier alpha value is -0.0800. The van der Waals surface area contributed by atoms with E-state index in [1.165, 1.54) is 45.3 Å². The van der Waals surface area contributed by atoms with Gasteiger partial charge in [-0.2, -0.15) is 0 Å². The highest BCUT2D eigenvalue weighted by molar-refractivity contribution is 4.96. The van der Waals surface area contributed by atoms with E-state index in [4.69, 9.17) is 0 Å². The lowest BCUT2D eigenvalue weighted by Crippen LogP contribution is -2.64. The van der Waals surface area contributed by atoms with Crippen LogP contribution in [0, 0.1) is 11.8 Å². The molecule has 0 aromatic rings. The van der Waals surface area contributed by atoms with Crippen molar-refractivity contribution >= 4 is 0 Å². The summed E-state index contributed by atoms with van der Waals surface area (Å²) in [5.41, 5.74) is 0.366. The molecule has 1 saturated heterocycles. The molecule has 1 N–H and O–H groups in total. The van der Waals surface area contributed by atoms with E-state index in [2.05, 4.69) is 51.8 Å². The number of hydrogen-bond donors (Lipinski definition) is 1. The zero-order valence-corrected chi connectivity index (χ0v) is 14.1. The van der Waals surface area contributed by atoms with Crippen LogP contribution in [0.25, 0.3) is 0 Å². The molecule has 1 atom stereocenters. The number of nitrogens with one attached hydrogen (secondary N) is 1. The fourth-order valence-electron chi connectivity index (χ4n) is 3.22. The Morgan fingerprint density at radius 2 is 1.74 bits per heavy atom. The first-order valence-electron chi connectivity index (χ1n) is 8.41. The molecule has 1 heterocycles. The molecule has 0 aliphatic carbocycles. The van der Waals surface area contributed by atoms with Crippen molar-refractivity contribution in [3.8, 4) is 0 Å². The first-order valence-corrected chi connectivity index (χ1v) is 8.41. The van der Waals surface area contributed by atoms with Crippen LogP contribution in [0.5, 0.6) is 0 Å². The third-order valence-corrected chi connectivity index (χ3v) is 4.83. The molecule has 2 nitrogen and oxygen atoms in total. The molecule has 0 spiro atoms. The highest BCUT2D eigenvalue weighted by atomic mass is 15.3. The van der Waals surface area contributed by atoms with Crippen LogP contribution >= 0.6 is 0 Å². The second kappa shape index (κ2) is 7.64. The smallest absolute Gasteiger partial charge is 0.0304 e. The Morgan fingerprint density at radius 1 is 1.11 bits per heavy atom. The molecular weight excluding hydrogens is 232 g/mol. The Balaban J connectivity index is 2.67. The van der Waals surface area contributed by atoms with Gasteiger partial charge in [-0.3, -0.25) is 4.90 Å². The summed E-state index contributed by atoms with van der Waals surface area (Å²) in [6, 6.07) is 0.741. The summed E-state index contributed by atoms with van der Waals surface area (Å²) in [6.07, 6.45) is 5.15. The molecular formula is C17H36N2. The number of nitrogens with zero attached hydrogens (tertiary/aromatic N) is 1. The maximum Gasteiger partial charge on any atom is 0.0304 e. The fraction of sp³-hybridized carbons (Fsp3) is 1.00. The van der Waals surface area contributed by atoms with Gasteiger partial charge in [0.1, 0.15) is 0 Å². The monoisotopic (exact) mass is 268 g/mol. The van der Waals surface area contributed by atoms with Crippen molar-refractivity contribution < 1.29 is 0 Å². The van der Waals surface area contributed by atoms with Gasteiger partial charge in [0.15, 0.2) is 0 Å². The van der Waals surface area contributed by atoms with Gasteiger partial charge in [-0.05, 0) is 44.1 Å². The predicted molar refractivity (Wildman–Crippen MR) is 85.6 cm³/mol. The van der Waals surface area contributed by atoms with Crippen LogP contribution in [0.4, 0.5) is 0 Å². The van der Waals surface area contributed by atoms with E-state index in [-0.39, 0.29) is 0 Å². The molecule has 0 saturated carbocycles. The quantitative estimate of drug-likeness (QED) is 0.753. The van der Waals surface area contributed by atoms with Gasteiger partial charge in [-0.25, -0.2) is 0 Å². The van der Waals surface area contributed by atoms with Gasteiger partial charge >= 0.3 is 0 Å². The molecule has 1 aliphatic rings. The van der Waals surface area contributed by atoms with Gasteiger partial charge in [0.2, 0.25) is 0 Å². The lowest BCUT2D eigenvalue weighted by Gasteiger charge is -2.48. The summed E-state index contributed by atoms with van der Waals surface area (Å²) >= 11 is 0. The summed E-state index contributed by atoms with van der Waals surface area (Å²) in [6.45, 7) is 17.7. The SMILES string of the molecule is CCC1(CC)CN(CCC(C)C)C(CC(C)C)CN1. The minimum absolute atomic E-state index is 0.366. The minimum Gasteiger partial charge on any atom is -0.308 e. The fourth-order valence-corrected chi connectivity index (χ4v) is 3.22. The molecule has 19 heavy (non-hydrogen) atoms. The van der Waals surface area contributed by atoms with E-state index in [0.29, 0.717) is 5.54 Å². The Labute approximate surface area is 121 Å². The molecule has 1 unspecified atom stereocenters. The first-order chi connectivity index (χ1) is 8.92. The van der Waals surface area contributed by atoms with Crippen molar-refractivity contribution in [2.24, 2.45) is 11.8 Å². The van der Waals surface area contributed by atoms with Crippen molar-refractivity contribution in [3.05, 3.63) is 0 Å². The highest BCUT2D eigenvalue weighted by Gasteiger charge is 2.36. The lowest BCUT2D eigenvalue weighted by molar-refractivity contribution is 0.0587. The van der Waals surface area contributed by atoms with Crippen molar-refractivity contribution in [1.29, 1.82) is 0 Å². The molecule has 2 heteroatoms. The number of hydrogen-bond acceptors (Lipinski definition) is 2. The molecule has 1 aliphatic heterocycles. The Bertz CT molecular complexity index is 244. The van der Waals surface area contributed by atoms with Crippen LogP contribution in [0.2, 0.25) is 0 Å². The first kappa shape index (κ1) is 17.0. The number of rotatable bonds is 7. The highest BCUT2D eigenvalue weighted by Crippen LogP contribution is 2.26. The van der Waals surface area contributed by atoms with E-state index in [1.807, 2.05) is 0 Å². The van der Waals surface area contributed by atoms with E-state index < -0.39 is 0 Å². The van der Waals surface area contributed by atoms with Gasteiger partial charge in [-0.15, -0.1) is 0 Å². The molecule has 1 rings (SSSR count). The number of piperazine rings is 1. The Morgan fingerprint density at radius 3 is 2.21 bits per heavy atom. The van der Waals surface area contributed by atoms with Crippen LogP contribution in [0.15, 0.2) is 0 Å². The topological polar surface area (TPSA) is 15.3 Å². The van der Waals surface area contributed by atoms with Crippen LogP contribution < -0.4 is 5.32 Å². The maximum atomic E-state index is 3.86. The van der Waals surface area contributed by atoms with E-state index >= 15 is 0 Å². The second-order valence-corrected chi connectivity index (χ2v) is 7.30. The van der Waals surface area contributed by atoms with Gasteiger partial charge in [0.25, 0.3) is 0 Å². The van der Waals surface area contributed by atoms with Gasteiger partial charge in [0, 0.05) is 24.7 Å². The van der Waals surface area contributed by atoms with E-state index in [9.17, 15) is 0 Å². The molecule has 0 aromatic heterocycles. The molecule has 1 fully saturated rings. The van der Waals surface area contributed by atoms with Crippen molar-refractivity contribution in [2.45, 2.75) is 78.8 Å². The molecule has 0 radical (unpaired) electrons. The second-order valence-electron chi connectivity index (χ2n) is 7.30. The molecule has 0 aromatic carbocycles. The van der Waals surface area contributed by atoms with Crippen LogP contribution in [0.1, 0.15) is 67.2 Å². The van der Waals surface area contributed by atoms with Gasteiger partial charge < -0.3 is 5.32 Å². The third kappa shape index (κ3) is 5.07. The summed E-state index contributed by atoms with van der Waals surface area (Å²) in [7, 11) is 0. The standard InChI is InChI=1S/C17H36N2/c1-7-17(8-2)13-19(10-9-14(3)4)16(12-18-17)11-15(5)6/h14-16,18H,7-13H2,1-6H3. The van der Waals surface area contributed by atoms with Crippen LogP contribution in [-0.4, -0.2) is 36.1 Å². The zero-order valence-electron chi connectivity index (χ0n) is 14.1. The van der Waals surface area contributed by atoms with Crippen molar-refractivity contribution in [3.63, 3.8) is 0 Å². The van der Waals surface area contributed by atoms with Crippen LogP contribution in [-0.2, 0) is 0 Å². The normalized spacial score (nSPS) is 24.3. The van der Waals surface area contributed by atoms with E-state index in [0.717, 1.165) is 17.9 Å². The molecule has 114 valence electrons. The largest absolute Gasteiger partial charge is 0.308 e. The van der Waals surface area contributed by atoms with Gasteiger partial charge in [-0.1, -0.05) is 41.5 Å².